The number of hydrogen-bond acceptors (Lipinski definition) is 4. The number of amides is 1. The van der Waals surface area contributed by atoms with Crippen molar-refractivity contribution in [1.29, 1.82) is 0 Å². The van der Waals surface area contributed by atoms with E-state index in [9.17, 15) is 4.79 Å². The molecule has 2 aliphatic heterocycles. The van der Waals surface area contributed by atoms with Crippen molar-refractivity contribution in [2.75, 3.05) is 43.9 Å². The molecule has 2 aliphatic rings. The summed E-state index contributed by atoms with van der Waals surface area (Å²) in [4.78, 5) is 15.0. The van der Waals surface area contributed by atoms with E-state index in [4.69, 9.17) is 0 Å². The third kappa shape index (κ3) is 7.43. The number of hydrogen-bond donors (Lipinski definition) is 3. The third-order valence-electron chi connectivity index (χ3n) is 5.93. The number of carbonyl (C=O) groups excluding carboxylic acids is 1. The lowest BCUT2D eigenvalue weighted by molar-refractivity contribution is -0.117. The van der Waals surface area contributed by atoms with Gasteiger partial charge in [0.2, 0.25) is 5.91 Å². The Kier molecular flexibility index (Phi) is 11.2. The highest BCUT2D eigenvalue weighted by atomic mass is 35.5. The fourth-order valence-electron chi connectivity index (χ4n) is 4.12. The molecule has 7 heteroatoms. The molecular formula is C21H36Cl2N4O. The van der Waals surface area contributed by atoms with Crippen LogP contribution in [-0.4, -0.2) is 50.1 Å². The van der Waals surface area contributed by atoms with Crippen molar-refractivity contribution in [3.8, 4) is 0 Å². The Morgan fingerprint density at radius 3 is 2.50 bits per heavy atom. The number of rotatable bonds is 6. The van der Waals surface area contributed by atoms with Crippen LogP contribution in [0.25, 0.3) is 0 Å². The highest BCUT2D eigenvalue weighted by Crippen LogP contribution is 2.26. The molecule has 5 nitrogen and oxygen atoms in total. The van der Waals surface area contributed by atoms with Crippen LogP contribution >= 0.6 is 24.8 Å². The third-order valence-corrected chi connectivity index (χ3v) is 5.93. The van der Waals surface area contributed by atoms with E-state index in [1.165, 1.54) is 12.8 Å². The predicted octanol–water partition coefficient (Wildman–Crippen LogP) is 4.00. The minimum absolute atomic E-state index is 0. The molecule has 2 fully saturated rings. The second-order valence-electron chi connectivity index (χ2n) is 8.10. The van der Waals surface area contributed by atoms with Gasteiger partial charge in [-0.15, -0.1) is 24.8 Å². The molecule has 3 N–H and O–H groups in total. The molecule has 3 rings (SSSR count). The van der Waals surface area contributed by atoms with E-state index in [0.717, 1.165) is 50.4 Å². The number of anilines is 2. The summed E-state index contributed by atoms with van der Waals surface area (Å²) in [5, 5.41) is 10.2. The Labute approximate surface area is 182 Å². The molecule has 0 aliphatic carbocycles. The first-order valence-corrected chi connectivity index (χ1v) is 10.2. The predicted molar refractivity (Wildman–Crippen MR) is 123 cm³/mol. The van der Waals surface area contributed by atoms with E-state index in [-0.39, 0.29) is 30.7 Å². The number of para-hydroxylation sites is 2. The number of carbonyl (C=O) groups is 1. The molecule has 0 aromatic heterocycles. The van der Waals surface area contributed by atoms with Gasteiger partial charge in [0, 0.05) is 12.5 Å². The quantitative estimate of drug-likeness (QED) is 0.637. The molecule has 2 saturated heterocycles. The zero-order valence-corrected chi connectivity index (χ0v) is 18.7. The summed E-state index contributed by atoms with van der Waals surface area (Å²) < 4.78 is 0. The summed E-state index contributed by atoms with van der Waals surface area (Å²) in [5.74, 6) is 1.15. The lowest BCUT2D eigenvalue weighted by Crippen LogP contribution is -2.37. The summed E-state index contributed by atoms with van der Waals surface area (Å²) in [6.45, 7) is 6.62. The van der Waals surface area contributed by atoms with E-state index in [2.05, 4.69) is 40.9 Å². The van der Waals surface area contributed by atoms with Gasteiger partial charge >= 0.3 is 0 Å². The van der Waals surface area contributed by atoms with Crippen molar-refractivity contribution in [3.63, 3.8) is 0 Å². The highest BCUT2D eigenvalue weighted by Gasteiger charge is 2.23. The molecule has 2 atom stereocenters. The molecule has 0 spiro atoms. The molecule has 1 amide bonds. The van der Waals surface area contributed by atoms with Crippen LogP contribution in [0.2, 0.25) is 0 Å². The Morgan fingerprint density at radius 1 is 1.18 bits per heavy atom. The maximum absolute atomic E-state index is 12.6. The highest BCUT2D eigenvalue weighted by molar-refractivity contribution is 5.94. The smallest absolute Gasteiger partial charge is 0.224 e. The van der Waals surface area contributed by atoms with Crippen molar-refractivity contribution < 1.29 is 4.79 Å². The second kappa shape index (κ2) is 12.5. The minimum Gasteiger partial charge on any atom is -0.381 e. The zero-order valence-electron chi connectivity index (χ0n) is 17.1. The first kappa shape index (κ1) is 25.0. The monoisotopic (exact) mass is 430 g/mol. The van der Waals surface area contributed by atoms with Crippen LogP contribution in [0.5, 0.6) is 0 Å². The molecular weight excluding hydrogens is 395 g/mol. The Hall–Kier alpha value is -1.01. The lowest BCUT2D eigenvalue weighted by atomic mass is 9.85. The summed E-state index contributed by atoms with van der Waals surface area (Å²) in [6, 6.07) is 8.58. The molecule has 28 heavy (non-hydrogen) atoms. The second-order valence-corrected chi connectivity index (χ2v) is 8.10. The van der Waals surface area contributed by atoms with Crippen LogP contribution in [0.3, 0.4) is 0 Å². The van der Waals surface area contributed by atoms with Crippen LogP contribution < -0.4 is 16.0 Å². The first-order valence-electron chi connectivity index (χ1n) is 10.2. The fourth-order valence-corrected chi connectivity index (χ4v) is 4.12. The summed E-state index contributed by atoms with van der Waals surface area (Å²) in [7, 11) is 2.17. The van der Waals surface area contributed by atoms with Crippen molar-refractivity contribution in [1.82, 2.24) is 10.2 Å². The average Bonchev–Trinajstić information content (AvgIpc) is 2.66. The maximum Gasteiger partial charge on any atom is 0.224 e. The van der Waals surface area contributed by atoms with Crippen molar-refractivity contribution in [2.24, 2.45) is 11.8 Å². The average molecular weight is 431 g/mol. The molecule has 0 radical (unpaired) electrons. The molecule has 1 aromatic carbocycles. The number of nitrogens with zero attached hydrogens (tertiary/aromatic N) is 1. The van der Waals surface area contributed by atoms with Gasteiger partial charge in [-0.3, -0.25) is 4.79 Å². The van der Waals surface area contributed by atoms with Gasteiger partial charge in [0.25, 0.3) is 0 Å². The van der Waals surface area contributed by atoms with Crippen LogP contribution in [0.1, 0.15) is 39.0 Å². The molecule has 2 unspecified atom stereocenters. The van der Waals surface area contributed by atoms with E-state index in [1.54, 1.807) is 0 Å². The van der Waals surface area contributed by atoms with Crippen LogP contribution in [0.15, 0.2) is 24.3 Å². The molecule has 0 saturated carbocycles. The number of likely N-dealkylation sites (tertiary alicyclic amines) is 1. The van der Waals surface area contributed by atoms with Gasteiger partial charge in [-0.25, -0.2) is 0 Å². The Bertz CT molecular complexity index is 588. The van der Waals surface area contributed by atoms with Crippen LogP contribution in [0, 0.1) is 11.8 Å². The van der Waals surface area contributed by atoms with Crippen molar-refractivity contribution in [3.05, 3.63) is 24.3 Å². The fraction of sp³-hybridized carbons (Fsp3) is 0.667. The van der Waals surface area contributed by atoms with Crippen molar-refractivity contribution in [2.45, 2.75) is 45.1 Å². The molecule has 1 aromatic rings. The largest absolute Gasteiger partial charge is 0.381 e. The first-order chi connectivity index (χ1) is 12.6. The van der Waals surface area contributed by atoms with Gasteiger partial charge in [0.1, 0.15) is 0 Å². The van der Waals surface area contributed by atoms with Gasteiger partial charge in [-0.05, 0) is 82.9 Å². The van der Waals surface area contributed by atoms with E-state index < -0.39 is 0 Å². The van der Waals surface area contributed by atoms with Gasteiger partial charge in [-0.2, -0.15) is 0 Å². The normalized spacial score (nSPS) is 21.7. The molecule has 2 heterocycles. The Balaban J connectivity index is 0.00000196. The number of halogens is 2. The van der Waals surface area contributed by atoms with Crippen LogP contribution in [0.4, 0.5) is 11.4 Å². The van der Waals surface area contributed by atoms with Gasteiger partial charge in [0.15, 0.2) is 0 Å². The summed E-state index contributed by atoms with van der Waals surface area (Å²) in [6.07, 6.45) is 5.33. The molecule has 160 valence electrons. The van der Waals surface area contributed by atoms with Crippen LogP contribution in [-0.2, 0) is 4.79 Å². The Morgan fingerprint density at radius 2 is 1.86 bits per heavy atom. The zero-order chi connectivity index (χ0) is 18.4. The maximum atomic E-state index is 12.6. The van der Waals surface area contributed by atoms with E-state index >= 15 is 0 Å². The number of piperidine rings is 2. The van der Waals surface area contributed by atoms with Gasteiger partial charge < -0.3 is 20.9 Å². The number of nitrogens with one attached hydrogen (secondary N) is 3. The SMILES string of the molecule is CC(CC(=O)Nc1ccccc1NC1CCN(C)CC1)C1CCCNC1.Cl.Cl. The van der Waals surface area contributed by atoms with Gasteiger partial charge in [0.05, 0.1) is 11.4 Å². The summed E-state index contributed by atoms with van der Waals surface area (Å²) in [5.41, 5.74) is 1.95. The minimum atomic E-state index is 0. The van der Waals surface area contributed by atoms with E-state index in [1.807, 2.05) is 18.2 Å². The summed E-state index contributed by atoms with van der Waals surface area (Å²) >= 11 is 0. The standard InChI is InChI=1S/C21H34N4O.2ClH/c1-16(17-6-5-11-22-15-17)14-21(26)24-20-8-4-3-7-19(20)23-18-9-12-25(2)13-10-18;;/h3-4,7-8,16-18,22-23H,5-6,9-15H2,1-2H3,(H,24,26);2*1H. The molecule has 0 bridgehead atoms. The van der Waals surface area contributed by atoms with E-state index in [0.29, 0.717) is 24.3 Å². The number of benzene rings is 1. The van der Waals surface area contributed by atoms with Gasteiger partial charge in [-0.1, -0.05) is 19.1 Å². The topological polar surface area (TPSA) is 56.4 Å². The van der Waals surface area contributed by atoms with Crippen molar-refractivity contribution >= 4 is 42.1 Å². The lowest BCUT2D eigenvalue weighted by Gasteiger charge is -2.31.